The fraction of sp³-hybridized carbons (Fsp3) is 0.357. The van der Waals surface area contributed by atoms with Crippen LogP contribution in [0.3, 0.4) is 0 Å². The van der Waals surface area contributed by atoms with Crippen LogP contribution in [-0.2, 0) is 11.3 Å². The zero-order chi connectivity index (χ0) is 12.3. The molecule has 2 rings (SSSR count). The average Bonchev–Trinajstić information content (AvgIpc) is 2.66. The first-order valence-corrected chi connectivity index (χ1v) is 5.90. The molecule has 0 atom stereocenters. The molecule has 0 bridgehead atoms. The van der Waals surface area contributed by atoms with E-state index in [9.17, 15) is 9.18 Å². The topological polar surface area (TPSA) is 22.0 Å². The van der Waals surface area contributed by atoms with Gasteiger partial charge in [0.1, 0.15) is 11.6 Å². The highest BCUT2D eigenvalue weighted by molar-refractivity contribution is 5.80. The molecule has 0 radical (unpaired) electrons. The lowest BCUT2D eigenvalue weighted by molar-refractivity contribution is -0.117. The standard InChI is InChI=1S/C14H16FNO/c1-11(17)4-2-3-8-16-9-7-12-10-13(15)5-6-14(12)16/h5-7,9-10H,2-4,8H2,1H3. The number of hydrogen-bond donors (Lipinski definition) is 0. The Kier molecular flexibility index (Phi) is 3.57. The molecule has 1 heterocycles. The van der Waals surface area contributed by atoms with Gasteiger partial charge in [0.15, 0.2) is 0 Å². The van der Waals surface area contributed by atoms with Crippen LogP contribution in [0.2, 0.25) is 0 Å². The van der Waals surface area contributed by atoms with Crippen LogP contribution in [0.25, 0.3) is 10.9 Å². The minimum Gasteiger partial charge on any atom is -0.347 e. The molecular formula is C14H16FNO. The fourth-order valence-corrected chi connectivity index (χ4v) is 2.02. The summed E-state index contributed by atoms with van der Waals surface area (Å²) in [7, 11) is 0. The minimum absolute atomic E-state index is 0.202. The van der Waals surface area contributed by atoms with Crippen LogP contribution in [0.15, 0.2) is 30.5 Å². The lowest BCUT2D eigenvalue weighted by Gasteiger charge is -2.04. The Labute approximate surface area is 100 Å². The number of carbonyl (C=O) groups is 1. The van der Waals surface area contributed by atoms with E-state index in [1.807, 2.05) is 12.3 Å². The van der Waals surface area contributed by atoms with Crippen molar-refractivity contribution in [1.82, 2.24) is 4.57 Å². The summed E-state index contributed by atoms with van der Waals surface area (Å²) < 4.78 is 15.1. The number of carbonyl (C=O) groups excluding carboxylic acids is 1. The normalized spacial score (nSPS) is 10.9. The number of benzene rings is 1. The molecule has 90 valence electrons. The van der Waals surface area contributed by atoms with Crippen molar-refractivity contribution in [2.75, 3.05) is 0 Å². The van der Waals surface area contributed by atoms with Crippen LogP contribution in [0.1, 0.15) is 26.2 Å². The molecule has 0 N–H and O–H groups in total. The molecular weight excluding hydrogens is 217 g/mol. The van der Waals surface area contributed by atoms with Gasteiger partial charge in [0.05, 0.1) is 0 Å². The molecule has 1 aromatic carbocycles. The molecule has 1 aromatic heterocycles. The quantitative estimate of drug-likeness (QED) is 0.724. The number of unbranched alkanes of at least 4 members (excludes halogenated alkanes) is 1. The Morgan fingerprint density at radius 1 is 1.29 bits per heavy atom. The van der Waals surface area contributed by atoms with Gasteiger partial charge in [0, 0.05) is 30.1 Å². The van der Waals surface area contributed by atoms with Gasteiger partial charge in [-0.15, -0.1) is 0 Å². The Morgan fingerprint density at radius 2 is 2.12 bits per heavy atom. The summed E-state index contributed by atoms with van der Waals surface area (Å²) in [5, 5.41) is 0.927. The number of aryl methyl sites for hydroxylation is 1. The molecule has 0 unspecified atom stereocenters. The van der Waals surface area contributed by atoms with Gasteiger partial charge in [0.2, 0.25) is 0 Å². The first-order valence-electron chi connectivity index (χ1n) is 5.90. The zero-order valence-electron chi connectivity index (χ0n) is 9.95. The van der Waals surface area contributed by atoms with Gasteiger partial charge in [0.25, 0.3) is 0 Å². The van der Waals surface area contributed by atoms with Crippen LogP contribution in [0.5, 0.6) is 0 Å². The van der Waals surface area contributed by atoms with Gasteiger partial charge in [-0.3, -0.25) is 0 Å². The highest BCUT2D eigenvalue weighted by Crippen LogP contribution is 2.17. The predicted molar refractivity (Wildman–Crippen MR) is 66.4 cm³/mol. The molecule has 2 aromatic rings. The number of aromatic nitrogens is 1. The van der Waals surface area contributed by atoms with Crippen molar-refractivity contribution < 1.29 is 9.18 Å². The van der Waals surface area contributed by atoms with Gasteiger partial charge in [-0.1, -0.05) is 0 Å². The molecule has 0 fully saturated rings. The molecule has 0 spiro atoms. The van der Waals surface area contributed by atoms with Crippen LogP contribution in [0.4, 0.5) is 4.39 Å². The highest BCUT2D eigenvalue weighted by atomic mass is 19.1. The van der Waals surface area contributed by atoms with Gasteiger partial charge >= 0.3 is 0 Å². The van der Waals surface area contributed by atoms with Crippen molar-refractivity contribution in [3.05, 3.63) is 36.3 Å². The number of fused-ring (bicyclic) bond motifs is 1. The monoisotopic (exact) mass is 233 g/mol. The molecule has 0 aliphatic rings. The predicted octanol–water partition coefficient (Wildman–Crippen LogP) is 3.54. The molecule has 3 heteroatoms. The van der Waals surface area contributed by atoms with Gasteiger partial charge < -0.3 is 9.36 Å². The number of halogens is 1. The largest absolute Gasteiger partial charge is 0.347 e. The van der Waals surface area contributed by atoms with Gasteiger partial charge in [-0.05, 0) is 44.0 Å². The van der Waals surface area contributed by atoms with Gasteiger partial charge in [-0.2, -0.15) is 0 Å². The second-order valence-corrected chi connectivity index (χ2v) is 4.37. The van der Waals surface area contributed by atoms with Crippen molar-refractivity contribution in [2.24, 2.45) is 0 Å². The highest BCUT2D eigenvalue weighted by Gasteiger charge is 2.02. The van der Waals surface area contributed by atoms with E-state index in [0.717, 1.165) is 30.3 Å². The third kappa shape index (κ3) is 2.93. The third-order valence-corrected chi connectivity index (χ3v) is 2.91. The number of rotatable bonds is 5. The number of hydrogen-bond acceptors (Lipinski definition) is 1. The summed E-state index contributed by atoms with van der Waals surface area (Å²) in [5.74, 6) is 0.0382. The Balaban J connectivity index is 2.01. The molecule has 0 amide bonds. The van der Waals surface area contributed by atoms with E-state index >= 15 is 0 Å². The molecule has 0 aliphatic heterocycles. The zero-order valence-corrected chi connectivity index (χ0v) is 9.95. The molecule has 17 heavy (non-hydrogen) atoms. The fourth-order valence-electron chi connectivity index (χ4n) is 2.02. The van der Waals surface area contributed by atoms with E-state index in [-0.39, 0.29) is 11.6 Å². The summed E-state index contributed by atoms with van der Waals surface area (Å²) in [6.07, 6.45) is 4.50. The van der Waals surface area contributed by atoms with Crippen LogP contribution in [-0.4, -0.2) is 10.4 Å². The van der Waals surface area contributed by atoms with Crippen molar-refractivity contribution in [3.63, 3.8) is 0 Å². The van der Waals surface area contributed by atoms with Crippen LogP contribution in [0, 0.1) is 5.82 Å². The lowest BCUT2D eigenvalue weighted by atomic mass is 10.2. The Bertz CT molecular complexity index is 530. The number of nitrogens with zero attached hydrogens (tertiary/aromatic N) is 1. The van der Waals surface area contributed by atoms with E-state index in [2.05, 4.69) is 4.57 Å². The van der Waals surface area contributed by atoms with Crippen molar-refractivity contribution in [1.29, 1.82) is 0 Å². The minimum atomic E-state index is -0.202. The van der Waals surface area contributed by atoms with Crippen LogP contribution < -0.4 is 0 Å². The second kappa shape index (κ2) is 5.13. The Morgan fingerprint density at radius 3 is 2.88 bits per heavy atom. The maximum absolute atomic E-state index is 13.0. The molecule has 0 saturated carbocycles. The molecule has 0 aliphatic carbocycles. The first kappa shape index (κ1) is 11.8. The summed E-state index contributed by atoms with van der Waals surface area (Å²) in [4.78, 5) is 10.8. The van der Waals surface area contributed by atoms with E-state index < -0.39 is 0 Å². The lowest BCUT2D eigenvalue weighted by Crippen LogP contribution is -1.97. The summed E-state index contributed by atoms with van der Waals surface area (Å²) >= 11 is 0. The molecule has 0 saturated heterocycles. The summed E-state index contributed by atoms with van der Waals surface area (Å²) in [6, 6.07) is 6.74. The Hall–Kier alpha value is -1.64. The van der Waals surface area contributed by atoms with Crippen LogP contribution >= 0.6 is 0 Å². The van der Waals surface area contributed by atoms with Crippen molar-refractivity contribution in [2.45, 2.75) is 32.7 Å². The summed E-state index contributed by atoms with van der Waals surface area (Å²) in [5.41, 5.74) is 1.05. The van der Waals surface area contributed by atoms with Crippen molar-refractivity contribution >= 4 is 16.7 Å². The maximum Gasteiger partial charge on any atom is 0.129 e. The van der Waals surface area contributed by atoms with Gasteiger partial charge in [-0.25, -0.2) is 4.39 Å². The van der Waals surface area contributed by atoms with E-state index in [4.69, 9.17) is 0 Å². The van der Waals surface area contributed by atoms with E-state index in [1.165, 1.54) is 6.07 Å². The third-order valence-electron chi connectivity index (χ3n) is 2.91. The number of ketones is 1. The SMILES string of the molecule is CC(=O)CCCCn1ccc2cc(F)ccc21. The second-order valence-electron chi connectivity index (χ2n) is 4.37. The smallest absolute Gasteiger partial charge is 0.129 e. The maximum atomic E-state index is 13.0. The average molecular weight is 233 g/mol. The van der Waals surface area contributed by atoms with E-state index in [0.29, 0.717) is 6.42 Å². The number of Topliss-reactive ketones (excluding diaryl/α,β-unsaturated/α-hetero) is 1. The van der Waals surface area contributed by atoms with E-state index in [1.54, 1.807) is 19.1 Å². The van der Waals surface area contributed by atoms with Crippen molar-refractivity contribution in [3.8, 4) is 0 Å². The first-order chi connectivity index (χ1) is 8.16. The summed E-state index contributed by atoms with van der Waals surface area (Å²) in [6.45, 7) is 2.50. The molecule has 2 nitrogen and oxygen atoms in total.